The minimum absolute atomic E-state index is 0.00622. The molecule has 6 nitrogen and oxygen atoms in total. The molecule has 29 heavy (non-hydrogen) atoms. The first-order valence-electron chi connectivity index (χ1n) is 10.8. The van der Waals surface area contributed by atoms with E-state index in [-0.39, 0.29) is 23.8 Å². The fourth-order valence-corrected chi connectivity index (χ4v) is 4.89. The van der Waals surface area contributed by atoms with Crippen molar-refractivity contribution in [1.29, 1.82) is 0 Å². The van der Waals surface area contributed by atoms with Crippen LogP contribution in [0.3, 0.4) is 0 Å². The molecule has 0 heterocycles. The molecule has 0 saturated heterocycles. The van der Waals surface area contributed by atoms with Gasteiger partial charge in [0.1, 0.15) is 0 Å². The molecule has 0 bridgehead atoms. The lowest BCUT2D eigenvalue weighted by molar-refractivity contribution is -0.135. The van der Waals surface area contributed by atoms with Gasteiger partial charge in [0.15, 0.2) is 0 Å². The molecule has 3 atom stereocenters. The first-order valence-corrected chi connectivity index (χ1v) is 10.8. The van der Waals surface area contributed by atoms with Gasteiger partial charge in [-0.25, -0.2) is 0 Å². The van der Waals surface area contributed by atoms with Gasteiger partial charge < -0.3 is 20.1 Å². The standard InChI is InChI=1S/C23H34N2O4/c1-25(13-14-29-2)21(27)17-15-19(20(26)16-17)24-22(28)23(11-7-4-8-12-23)18-9-5-3-6-10-18/h3,5-6,9-10,17,19-20,26H,4,7-8,11-16H2,1-2H3,(H,24,28)/t17-,19-,20-/m0/s1. The van der Waals surface area contributed by atoms with Gasteiger partial charge in [-0.2, -0.15) is 0 Å². The van der Waals surface area contributed by atoms with Gasteiger partial charge in [0.25, 0.3) is 0 Å². The Morgan fingerprint density at radius 1 is 1.17 bits per heavy atom. The maximum absolute atomic E-state index is 13.4. The van der Waals surface area contributed by atoms with Crippen LogP contribution in [0, 0.1) is 5.92 Å². The van der Waals surface area contributed by atoms with Crippen LogP contribution in [0.25, 0.3) is 0 Å². The first kappa shape index (κ1) is 21.8. The average molecular weight is 403 g/mol. The highest BCUT2D eigenvalue weighted by atomic mass is 16.5. The van der Waals surface area contributed by atoms with Crippen molar-refractivity contribution in [1.82, 2.24) is 10.2 Å². The lowest BCUT2D eigenvalue weighted by Crippen LogP contribution is -2.51. The fourth-order valence-electron chi connectivity index (χ4n) is 4.89. The monoisotopic (exact) mass is 402 g/mol. The van der Waals surface area contributed by atoms with Gasteiger partial charge in [0, 0.05) is 26.6 Å². The first-order chi connectivity index (χ1) is 14.0. The SMILES string of the molecule is COCCN(C)C(=O)[C@H]1C[C@H](NC(=O)C2(c3ccccc3)CCCCC2)[C@@H](O)C1. The lowest BCUT2D eigenvalue weighted by Gasteiger charge is -2.37. The zero-order valence-electron chi connectivity index (χ0n) is 17.6. The molecule has 160 valence electrons. The highest BCUT2D eigenvalue weighted by Crippen LogP contribution is 2.40. The lowest BCUT2D eigenvalue weighted by atomic mass is 9.68. The second-order valence-electron chi connectivity index (χ2n) is 8.58. The minimum atomic E-state index is -0.694. The Kier molecular flexibility index (Phi) is 7.30. The van der Waals surface area contributed by atoms with Gasteiger partial charge in [0.05, 0.1) is 24.2 Å². The number of methoxy groups -OCH3 is 1. The number of nitrogens with one attached hydrogen (secondary N) is 1. The van der Waals surface area contributed by atoms with E-state index in [1.807, 2.05) is 30.3 Å². The third kappa shape index (κ3) is 4.81. The maximum Gasteiger partial charge on any atom is 0.230 e. The van der Waals surface area contributed by atoms with Gasteiger partial charge in [-0.3, -0.25) is 9.59 Å². The Bertz CT molecular complexity index is 687. The molecular formula is C23H34N2O4. The van der Waals surface area contributed by atoms with Gasteiger partial charge in [-0.15, -0.1) is 0 Å². The summed E-state index contributed by atoms with van der Waals surface area (Å²) in [6, 6.07) is 9.62. The van der Waals surface area contributed by atoms with E-state index in [1.165, 1.54) is 0 Å². The number of hydrogen-bond acceptors (Lipinski definition) is 4. The van der Waals surface area contributed by atoms with Crippen LogP contribution in [0.4, 0.5) is 0 Å². The molecule has 0 unspecified atom stereocenters. The van der Waals surface area contributed by atoms with E-state index < -0.39 is 11.5 Å². The summed E-state index contributed by atoms with van der Waals surface area (Å²) in [5.74, 6) is -0.266. The van der Waals surface area contributed by atoms with Crippen molar-refractivity contribution in [2.45, 2.75) is 62.5 Å². The summed E-state index contributed by atoms with van der Waals surface area (Å²) < 4.78 is 5.04. The Hall–Kier alpha value is -1.92. The number of amides is 2. The topological polar surface area (TPSA) is 78.9 Å². The summed E-state index contributed by atoms with van der Waals surface area (Å²) in [7, 11) is 3.36. The third-order valence-electron chi connectivity index (χ3n) is 6.67. The van der Waals surface area contributed by atoms with E-state index in [9.17, 15) is 14.7 Å². The molecule has 1 aromatic rings. The largest absolute Gasteiger partial charge is 0.391 e. The Morgan fingerprint density at radius 2 is 1.86 bits per heavy atom. The molecule has 2 N–H and O–H groups in total. The smallest absolute Gasteiger partial charge is 0.230 e. The Morgan fingerprint density at radius 3 is 2.52 bits per heavy atom. The van der Waals surface area contributed by atoms with Crippen LogP contribution in [-0.2, 0) is 19.7 Å². The van der Waals surface area contributed by atoms with Crippen molar-refractivity contribution < 1.29 is 19.4 Å². The van der Waals surface area contributed by atoms with Crippen LogP contribution in [0.15, 0.2) is 30.3 Å². The number of ether oxygens (including phenoxy) is 1. The van der Waals surface area contributed by atoms with Crippen molar-refractivity contribution in [2.24, 2.45) is 5.92 Å². The molecule has 0 spiro atoms. The summed E-state index contributed by atoms with van der Waals surface area (Å²) >= 11 is 0. The van der Waals surface area contributed by atoms with Crippen LogP contribution in [-0.4, -0.2) is 61.3 Å². The van der Waals surface area contributed by atoms with E-state index in [1.54, 1.807) is 19.1 Å². The van der Waals surface area contributed by atoms with Crippen LogP contribution in [0.2, 0.25) is 0 Å². The molecule has 2 fully saturated rings. The predicted octanol–water partition coefficient (Wildman–Crippen LogP) is 2.25. The molecule has 2 saturated carbocycles. The molecule has 0 radical (unpaired) electrons. The van der Waals surface area contributed by atoms with Crippen molar-refractivity contribution >= 4 is 11.8 Å². The van der Waals surface area contributed by atoms with Crippen LogP contribution >= 0.6 is 0 Å². The number of likely N-dealkylation sites (N-methyl/N-ethyl adjacent to an activating group) is 1. The fraction of sp³-hybridized carbons (Fsp3) is 0.652. The summed E-state index contributed by atoms with van der Waals surface area (Å²) in [5.41, 5.74) is 0.521. The van der Waals surface area contributed by atoms with Crippen LogP contribution in [0.1, 0.15) is 50.5 Å². The second kappa shape index (κ2) is 9.72. The molecule has 2 amide bonds. The molecule has 0 aromatic heterocycles. The predicted molar refractivity (Wildman–Crippen MR) is 111 cm³/mol. The molecule has 2 aliphatic carbocycles. The van der Waals surface area contributed by atoms with E-state index in [2.05, 4.69) is 5.32 Å². The number of rotatable bonds is 7. The minimum Gasteiger partial charge on any atom is -0.391 e. The number of hydrogen-bond donors (Lipinski definition) is 2. The summed E-state index contributed by atoms with van der Waals surface area (Å²) in [5, 5.41) is 13.7. The number of carbonyl (C=O) groups excluding carboxylic acids is 2. The highest BCUT2D eigenvalue weighted by Gasteiger charge is 2.45. The van der Waals surface area contributed by atoms with Crippen molar-refractivity contribution in [3.8, 4) is 0 Å². The van der Waals surface area contributed by atoms with Crippen molar-refractivity contribution in [2.75, 3.05) is 27.3 Å². The van der Waals surface area contributed by atoms with Crippen molar-refractivity contribution in [3.63, 3.8) is 0 Å². The zero-order chi connectivity index (χ0) is 20.9. The van der Waals surface area contributed by atoms with E-state index in [4.69, 9.17) is 4.74 Å². The van der Waals surface area contributed by atoms with Gasteiger partial charge in [-0.1, -0.05) is 49.6 Å². The molecular weight excluding hydrogens is 368 g/mol. The number of aliphatic hydroxyl groups is 1. The quantitative estimate of drug-likeness (QED) is 0.733. The Labute approximate surface area is 173 Å². The van der Waals surface area contributed by atoms with Gasteiger partial charge in [0.2, 0.25) is 11.8 Å². The number of nitrogens with zero attached hydrogens (tertiary/aromatic N) is 1. The van der Waals surface area contributed by atoms with Crippen LogP contribution < -0.4 is 5.32 Å². The molecule has 6 heteroatoms. The third-order valence-corrected chi connectivity index (χ3v) is 6.67. The van der Waals surface area contributed by atoms with E-state index >= 15 is 0 Å². The van der Waals surface area contributed by atoms with Crippen molar-refractivity contribution in [3.05, 3.63) is 35.9 Å². The number of benzene rings is 1. The zero-order valence-corrected chi connectivity index (χ0v) is 17.6. The molecule has 1 aromatic carbocycles. The normalized spacial score (nSPS) is 26.1. The van der Waals surface area contributed by atoms with E-state index in [0.717, 1.165) is 37.7 Å². The summed E-state index contributed by atoms with van der Waals surface area (Å²) in [4.78, 5) is 27.8. The van der Waals surface area contributed by atoms with Gasteiger partial charge in [-0.05, 0) is 31.2 Å². The number of aliphatic hydroxyl groups excluding tert-OH is 1. The summed E-state index contributed by atoms with van der Waals surface area (Å²) in [6.45, 7) is 1.01. The average Bonchev–Trinajstić information content (AvgIpc) is 3.12. The highest BCUT2D eigenvalue weighted by molar-refractivity contribution is 5.89. The molecule has 0 aliphatic heterocycles. The van der Waals surface area contributed by atoms with Crippen LogP contribution in [0.5, 0.6) is 0 Å². The summed E-state index contributed by atoms with van der Waals surface area (Å²) in [6.07, 6.45) is 5.04. The second-order valence-corrected chi connectivity index (χ2v) is 8.58. The van der Waals surface area contributed by atoms with Gasteiger partial charge >= 0.3 is 0 Å². The maximum atomic E-state index is 13.4. The molecule has 3 rings (SSSR count). The number of carbonyl (C=O) groups is 2. The van der Waals surface area contributed by atoms with E-state index in [0.29, 0.717) is 26.0 Å². The molecule has 2 aliphatic rings. The Balaban J connectivity index is 1.68.